The highest BCUT2D eigenvalue weighted by Crippen LogP contribution is 2.39. The average molecular weight is 361 g/mol. The summed E-state index contributed by atoms with van der Waals surface area (Å²) < 4.78 is 24.8. The Morgan fingerprint density at radius 3 is 2.77 bits per heavy atom. The van der Waals surface area contributed by atoms with E-state index in [0.717, 1.165) is 5.56 Å². The van der Waals surface area contributed by atoms with Gasteiger partial charge in [-0.3, -0.25) is 4.79 Å². The zero-order chi connectivity index (χ0) is 18.9. The van der Waals surface area contributed by atoms with Crippen molar-refractivity contribution in [1.82, 2.24) is 5.32 Å². The first kappa shape index (κ1) is 20.0. The second-order valence-corrected chi connectivity index (χ2v) is 5.97. The van der Waals surface area contributed by atoms with Gasteiger partial charge in [-0.25, -0.2) is 4.39 Å². The van der Waals surface area contributed by atoms with Crippen molar-refractivity contribution in [3.05, 3.63) is 47.5 Å². The van der Waals surface area contributed by atoms with E-state index < -0.39 is 12.2 Å². The zero-order valence-corrected chi connectivity index (χ0v) is 14.8. The smallest absolute Gasteiger partial charge is 0.286 e. The van der Waals surface area contributed by atoms with Crippen molar-refractivity contribution in [2.75, 3.05) is 19.8 Å². The molecule has 2 N–H and O–H groups in total. The van der Waals surface area contributed by atoms with Gasteiger partial charge in [0.1, 0.15) is 5.82 Å². The summed E-state index contributed by atoms with van der Waals surface area (Å²) in [7, 11) is 0. The summed E-state index contributed by atoms with van der Waals surface area (Å²) in [4.78, 5) is 12.3. The molecule has 5 nitrogen and oxygen atoms in total. The molecule has 0 aliphatic carbocycles. The van der Waals surface area contributed by atoms with E-state index in [1.165, 1.54) is 12.1 Å². The van der Waals surface area contributed by atoms with Crippen LogP contribution in [0.5, 0.6) is 0 Å². The molecule has 140 valence electrons. The van der Waals surface area contributed by atoms with E-state index in [1.54, 1.807) is 18.2 Å². The highest BCUT2D eigenvalue weighted by molar-refractivity contribution is 5.91. The molecule has 3 atom stereocenters. The lowest BCUT2D eigenvalue weighted by molar-refractivity contribution is -0.166. The van der Waals surface area contributed by atoms with Gasteiger partial charge in [-0.2, -0.15) is 0 Å². The molecule has 0 aromatic heterocycles. The minimum atomic E-state index is -0.641. The Labute approximate surface area is 153 Å². The molecular formula is C20H24FNO4. The number of aliphatic hydroxyl groups excluding tert-OH is 1. The number of halogens is 1. The second-order valence-electron chi connectivity index (χ2n) is 5.97. The molecule has 1 heterocycles. The normalized spacial score (nSPS) is 22.1. The molecule has 1 aromatic rings. The van der Waals surface area contributed by atoms with E-state index in [4.69, 9.17) is 15.9 Å². The average Bonchev–Trinajstić information content (AvgIpc) is 2.65. The largest absolute Gasteiger partial charge is 0.459 e. The van der Waals surface area contributed by atoms with Crippen LogP contribution in [0.1, 0.15) is 31.2 Å². The van der Waals surface area contributed by atoms with Crippen LogP contribution in [0.25, 0.3) is 0 Å². The van der Waals surface area contributed by atoms with Crippen LogP contribution < -0.4 is 5.32 Å². The number of amides is 1. The van der Waals surface area contributed by atoms with Crippen molar-refractivity contribution in [2.45, 2.75) is 32.0 Å². The molecule has 26 heavy (non-hydrogen) atoms. The van der Waals surface area contributed by atoms with Crippen molar-refractivity contribution in [1.29, 1.82) is 0 Å². The fourth-order valence-electron chi connectivity index (χ4n) is 3.05. The highest BCUT2D eigenvalue weighted by atomic mass is 19.1. The predicted octanol–water partition coefficient (Wildman–Crippen LogP) is 2.32. The zero-order valence-electron chi connectivity index (χ0n) is 14.8. The number of hydrogen-bond donors (Lipinski definition) is 2. The number of terminal acetylenes is 1. The molecule has 1 aliphatic heterocycles. The van der Waals surface area contributed by atoms with Crippen molar-refractivity contribution in [3.63, 3.8) is 0 Å². The molecule has 0 fully saturated rings. The number of hydrogen-bond acceptors (Lipinski definition) is 4. The van der Waals surface area contributed by atoms with Gasteiger partial charge in [-0.05, 0) is 43.5 Å². The minimum absolute atomic E-state index is 0.0463. The molecule has 6 heteroatoms. The molecule has 0 unspecified atom stereocenters. The maximum absolute atomic E-state index is 13.3. The maximum Gasteiger partial charge on any atom is 0.286 e. The van der Waals surface area contributed by atoms with Crippen molar-refractivity contribution in [3.8, 4) is 12.3 Å². The first-order valence-electron chi connectivity index (χ1n) is 8.68. The van der Waals surface area contributed by atoms with Gasteiger partial charge in [-0.15, -0.1) is 6.42 Å². The molecule has 1 aliphatic rings. The lowest BCUT2D eigenvalue weighted by Crippen LogP contribution is -2.39. The van der Waals surface area contributed by atoms with Crippen molar-refractivity contribution >= 4 is 5.91 Å². The number of carbonyl (C=O) groups excluding carboxylic acids is 1. The standard InChI is InChI=1S/C20H24FNO4/c1-3-11-22-19(24)18-13-17(14-7-9-15(21)10-8-14)16(6-5-12-23)20(26-18)25-4-2/h1,7-10,13,16-17,20,23H,4-6,11-12H2,2H3,(H,22,24)/t16-,17-,20-/m0/s1. The van der Waals surface area contributed by atoms with E-state index >= 15 is 0 Å². The van der Waals surface area contributed by atoms with E-state index in [0.29, 0.717) is 19.4 Å². The van der Waals surface area contributed by atoms with Gasteiger partial charge in [0.25, 0.3) is 5.91 Å². The third-order valence-corrected chi connectivity index (χ3v) is 4.24. The van der Waals surface area contributed by atoms with Crippen LogP contribution >= 0.6 is 0 Å². The summed E-state index contributed by atoms with van der Waals surface area (Å²) in [5, 5.41) is 11.8. The van der Waals surface area contributed by atoms with Crippen molar-refractivity contribution < 1.29 is 23.8 Å². The Morgan fingerprint density at radius 2 is 2.15 bits per heavy atom. The van der Waals surface area contributed by atoms with Crippen LogP contribution in [0.3, 0.4) is 0 Å². The Bertz CT molecular complexity index is 665. The van der Waals surface area contributed by atoms with Crippen LogP contribution in [0.15, 0.2) is 36.1 Å². The Morgan fingerprint density at radius 1 is 1.42 bits per heavy atom. The molecule has 0 saturated heterocycles. The fourth-order valence-corrected chi connectivity index (χ4v) is 3.05. The summed E-state index contributed by atoms with van der Waals surface area (Å²) in [5.41, 5.74) is 0.851. The minimum Gasteiger partial charge on any atom is -0.459 e. The first-order valence-corrected chi connectivity index (χ1v) is 8.68. The number of allylic oxidation sites excluding steroid dienone is 1. The third-order valence-electron chi connectivity index (χ3n) is 4.24. The van der Waals surface area contributed by atoms with E-state index in [2.05, 4.69) is 11.2 Å². The monoisotopic (exact) mass is 361 g/mol. The SMILES string of the molecule is C#CCNC(=O)C1=C[C@@H](c2ccc(F)cc2)[C@H](CCCO)[C@@H](OCC)O1. The molecule has 1 amide bonds. The topological polar surface area (TPSA) is 67.8 Å². The molecule has 1 aromatic carbocycles. The Hall–Kier alpha value is -2.36. The van der Waals surface area contributed by atoms with Gasteiger partial charge < -0.3 is 19.9 Å². The van der Waals surface area contributed by atoms with E-state index in [1.807, 2.05) is 6.92 Å². The highest BCUT2D eigenvalue weighted by Gasteiger charge is 2.37. The summed E-state index contributed by atoms with van der Waals surface area (Å²) in [6.07, 6.45) is 7.47. The van der Waals surface area contributed by atoms with Crippen molar-refractivity contribution in [2.24, 2.45) is 5.92 Å². The van der Waals surface area contributed by atoms with Gasteiger partial charge in [0.05, 0.1) is 6.54 Å². The summed E-state index contributed by atoms with van der Waals surface area (Å²) in [6, 6.07) is 6.15. The van der Waals surface area contributed by atoms with Gasteiger partial charge in [-0.1, -0.05) is 18.1 Å². The quantitative estimate of drug-likeness (QED) is 0.698. The molecule has 2 rings (SSSR count). The van der Waals surface area contributed by atoms with Crippen LogP contribution in [0.2, 0.25) is 0 Å². The molecule has 0 radical (unpaired) electrons. The number of aliphatic hydroxyl groups is 1. The fraction of sp³-hybridized carbons (Fsp3) is 0.450. The third kappa shape index (κ3) is 5.07. The molecule has 0 saturated carbocycles. The van der Waals surface area contributed by atoms with Gasteiger partial charge in [0.15, 0.2) is 5.76 Å². The Kier molecular flexibility index (Phi) is 7.64. The number of rotatable bonds is 8. The van der Waals surface area contributed by atoms with Gasteiger partial charge in [0.2, 0.25) is 6.29 Å². The van der Waals surface area contributed by atoms with Crippen LogP contribution in [-0.2, 0) is 14.3 Å². The lowest BCUT2D eigenvalue weighted by Gasteiger charge is -2.37. The van der Waals surface area contributed by atoms with Crippen LogP contribution in [-0.4, -0.2) is 37.1 Å². The van der Waals surface area contributed by atoms with Crippen LogP contribution in [0, 0.1) is 24.1 Å². The van der Waals surface area contributed by atoms with Gasteiger partial charge >= 0.3 is 0 Å². The lowest BCUT2D eigenvalue weighted by atomic mass is 9.80. The van der Waals surface area contributed by atoms with Gasteiger partial charge in [0, 0.05) is 25.0 Å². The predicted molar refractivity (Wildman–Crippen MR) is 95.4 cm³/mol. The molecular weight excluding hydrogens is 337 g/mol. The van der Waals surface area contributed by atoms with E-state index in [-0.39, 0.29) is 36.6 Å². The summed E-state index contributed by atoms with van der Waals surface area (Å²) in [5.74, 6) is 1.41. The number of benzene rings is 1. The van der Waals surface area contributed by atoms with E-state index in [9.17, 15) is 14.3 Å². The molecule has 0 spiro atoms. The maximum atomic E-state index is 13.3. The molecule has 0 bridgehead atoms. The second kappa shape index (κ2) is 9.95. The first-order chi connectivity index (χ1) is 12.6. The summed E-state index contributed by atoms with van der Waals surface area (Å²) in [6.45, 7) is 2.39. The number of carbonyl (C=O) groups is 1. The Balaban J connectivity index is 2.37. The summed E-state index contributed by atoms with van der Waals surface area (Å²) >= 11 is 0. The number of nitrogens with one attached hydrogen (secondary N) is 1. The number of ether oxygens (including phenoxy) is 2. The van der Waals surface area contributed by atoms with Crippen LogP contribution in [0.4, 0.5) is 4.39 Å².